The van der Waals surface area contributed by atoms with Crippen molar-refractivity contribution in [1.82, 2.24) is 0 Å². The van der Waals surface area contributed by atoms with Crippen LogP contribution in [0.3, 0.4) is 0 Å². The second-order valence-electron chi connectivity index (χ2n) is 5.66. The van der Waals surface area contributed by atoms with Crippen molar-refractivity contribution < 1.29 is 19.8 Å². The molecule has 0 fully saturated rings. The topological polar surface area (TPSA) is 74.6 Å². The predicted octanol–water partition coefficient (Wildman–Crippen LogP) is 3.28. The zero-order valence-corrected chi connectivity index (χ0v) is 13.1. The Bertz CT molecular complexity index is 448. The van der Waals surface area contributed by atoms with Crippen LogP contribution < -0.4 is 0 Å². The molecule has 1 rings (SSSR count). The van der Waals surface area contributed by atoms with Crippen molar-refractivity contribution in [1.29, 1.82) is 0 Å². The molecule has 0 amide bonds. The second kappa shape index (κ2) is 10.1. The monoisotopic (exact) mass is 306 g/mol. The second-order valence-corrected chi connectivity index (χ2v) is 5.66. The summed E-state index contributed by atoms with van der Waals surface area (Å²) in [7, 11) is 0. The standard InChI is InChI=1S/C18H26O4/c1-2-15(19)11-12-16-14(10-13-17(16)20)8-6-4-3-5-7-9-18(21)22/h4,6,10-16,19H,2-3,5,7-9H2,1H3,(H,21,22)/b6-4-,12-11+/t14-,15+,16-/m0/s1. The zero-order valence-electron chi connectivity index (χ0n) is 13.1. The number of carbonyl (C=O) groups is 2. The first-order chi connectivity index (χ1) is 10.5. The van der Waals surface area contributed by atoms with Gasteiger partial charge in [0.2, 0.25) is 0 Å². The third-order valence-electron chi connectivity index (χ3n) is 3.84. The van der Waals surface area contributed by atoms with Gasteiger partial charge in [0.1, 0.15) is 0 Å². The van der Waals surface area contributed by atoms with Gasteiger partial charge in [-0.2, -0.15) is 0 Å². The maximum Gasteiger partial charge on any atom is 0.303 e. The number of hydrogen-bond acceptors (Lipinski definition) is 3. The van der Waals surface area contributed by atoms with E-state index in [1.807, 2.05) is 19.1 Å². The molecule has 0 saturated carbocycles. The summed E-state index contributed by atoms with van der Waals surface area (Å²) >= 11 is 0. The number of aliphatic hydroxyl groups is 1. The molecule has 122 valence electrons. The largest absolute Gasteiger partial charge is 0.481 e. The van der Waals surface area contributed by atoms with E-state index in [2.05, 4.69) is 12.2 Å². The van der Waals surface area contributed by atoms with Crippen LogP contribution in [0.4, 0.5) is 0 Å². The van der Waals surface area contributed by atoms with E-state index in [-0.39, 0.29) is 24.0 Å². The molecule has 0 spiro atoms. The molecule has 0 saturated heterocycles. The summed E-state index contributed by atoms with van der Waals surface area (Å²) in [6.45, 7) is 1.90. The Morgan fingerprint density at radius 1 is 1.36 bits per heavy atom. The SMILES string of the molecule is CC[C@@H](O)/C=C/[C@@H]1C(=O)C=C[C@@H]1C/C=C\CCCCC(=O)O. The fourth-order valence-electron chi connectivity index (χ4n) is 2.42. The highest BCUT2D eigenvalue weighted by Gasteiger charge is 2.26. The molecule has 0 heterocycles. The number of rotatable bonds is 10. The summed E-state index contributed by atoms with van der Waals surface area (Å²) in [5, 5.41) is 18.1. The van der Waals surface area contributed by atoms with Crippen LogP contribution in [0.2, 0.25) is 0 Å². The van der Waals surface area contributed by atoms with Crippen LogP contribution >= 0.6 is 0 Å². The van der Waals surface area contributed by atoms with Crippen molar-refractivity contribution in [3.05, 3.63) is 36.5 Å². The van der Waals surface area contributed by atoms with Gasteiger partial charge in [-0.15, -0.1) is 0 Å². The fourth-order valence-corrected chi connectivity index (χ4v) is 2.42. The van der Waals surface area contributed by atoms with Gasteiger partial charge in [0.15, 0.2) is 5.78 Å². The number of allylic oxidation sites excluding steroid dienone is 5. The molecule has 4 heteroatoms. The summed E-state index contributed by atoms with van der Waals surface area (Å²) < 4.78 is 0. The lowest BCUT2D eigenvalue weighted by Crippen LogP contribution is -2.13. The fraction of sp³-hybridized carbons (Fsp3) is 0.556. The number of unbranched alkanes of at least 4 members (excludes halogenated alkanes) is 2. The Morgan fingerprint density at radius 3 is 2.82 bits per heavy atom. The van der Waals surface area contributed by atoms with Crippen LogP contribution in [0.1, 0.15) is 45.4 Å². The van der Waals surface area contributed by atoms with E-state index >= 15 is 0 Å². The van der Waals surface area contributed by atoms with Gasteiger partial charge >= 0.3 is 5.97 Å². The number of ketones is 1. The Morgan fingerprint density at radius 2 is 2.14 bits per heavy atom. The number of carboxylic acids is 1. The third-order valence-corrected chi connectivity index (χ3v) is 3.84. The molecule has 0 aliphatic heterocycles. The molecule has 0 aromatic heterocycles. The van der Waals surface area contributed by atoms with Gasteiger partial charge in [-0.1, -0.05) is 37.3 Å². The smallest absolute Gasteiger partial charge is 0.303 e. The number of hydrogen-bond donors (Lipinski definition) is 2. The van der Waals surface area contributed by atoms with E-state index in [1.165, 1.54) is 0 Å². The normalized spacial score (nSPS) is 22.9. The zero-order chi connectivity index (χ0) is 16.4. The van der Waals surface area contributed by atoms with Crippen molar-refractivity contribution in [3.8, 4) is 0 Å². The number of aliphatic hydroxyl groups excluding tert-OH is 1. The van der Waals surface area contributed by atoms with Gasteiger partial charge in [-0.05, 0) is 44.1 Å². The molecule has 1 aliphatic rings. The van der Waals surface area contributed by atoms with Gasteiger partial charge < -0.3 is 10.2 Å². The molecule has 0 bridgehead atoms. The van der Waals surface area contributed by atoms with Gasteiger partial charge in [0, 0.05) is 12.3 Å². The predicted molar refractivity (Wildman–Crippen MR) is 86.4 cm³/mol. The van der Waals surface area contributed by atoms with Crippen LogP contribution in [-0.4, -0.2) is 28.1 Å². The summed E-state index contributed by atoms with van der Waals surface area (Å²) in [4.78, 5) is 22.2. The van der Waals surface area contributed by atoms with Crippen LogP contribution in [0, 0.1) is 11.8 Å². The quantitative estimate of drug-likeness (QED) is 0.480. The van der Waals surface area contributed by atoms with Crippen molar-refractivity contribution in [3.63, 3.8) is 0 Å². The number of carbonyl (C=O) groups excluding carboxylic acids is 1. The van der Waals surface area contributed by atoms with Crippen molar-refractivity contribution >= 4 is 11.8 Å². The summed E-state index contributed by atoms with van der Waals surface area (Å²) in [6, 6.07) is 0. The highest BCUT2D eigenvalue weighted by molar-refractivity contribution is 5.95. The lowest BCUT2D eigenvalue weighted by molar-refractivity contribution is -0.137. The van der Waals surface area contributed by atoms with E-state index in [9.17, 15) is 14.7 Å². The first-order valence-corrected chi connectivity index (χ1v) is 7.99. The molecule has 3 atom stereocenters. The minimum atomic E-state index is -0.748. The average molecular weight is 306 g/mol. The molecule has 2 N–H and O–H groups in total. The van der Waals surface area contributed by atoms with Crippen molar-refractivity contribution in [2.24, 2.45) is 11.8 Å². The lowest BCUT2D eigenvalue weighted by atomic mass is 9.91. The molecule has 0 aromatic carbocycles. The molecular formula is C18H26O4. The Balaban J connectivity index is 2.34. The molecule has 0 radical (unpaired) electrons. The molecular weight excluding hydrogens is 280 g/mol. The van der Waals surface area contributed by atoms with Crippen LogP contribution in [0.25, 0.3) is 0 Å². The molecule has 1 aliphatic carbocycles. The highest BCUT2D eigenvalue weighted by atomic mass is 16.4. The van der Waals surface area contributed by atoms with Crippen molar-refractivity contribution in [2.45, 2.75) is 51.6 Å². The van der Waals surface area contributed by atoms with Gasteiger partial charge in [-0.3, -0.25) is 9.59 Å². The van der Waals surface area contributed by atoms with E-state index < -0.39 is 12.1 Å². The maximum absolute atomic E-state index is 11.8. The minimum Gasteiger partial charge on any atom is -0.481 e. The third kappa shape index (κ3) is 6.85. The highest BCUT2D eigenvalue weighted by Crippen LogP contribution is 2.27. The Labute approximate surface area is 132 Å². The summed E-state index contributed by atoms with van der Waals surface area (Å²) in [5.74, 6) is -0.664. The van der Waals surface area contributed by atoms with E-state index in [1.54, 1.807) is 12.2 Å². The Hall–Kier alpha value is -1.68. The minimum absolute atomic E-state index is 0.0967. The lowest BCUT2D eigenvalue weighted by Gasteiger charge is -2.13. The number of carboxylic acid groups (broad SMARTS) is 1. The van der Waals surface area contributed by atoms with Crippen LogP contribution in [-0.2, 0) is 9.59 Å². The van der Waals surface area contributed by atoms with Gasteiger partial charge in [0.05, 0.1) is 6.10 Å². The Kier molecular flexibility index (Phi) is 8.44. The summed E-state index contributed by atoms with van der Waals surface area (Å²) in [5.41, 5.74) is 0. The van der Waals surface area contributed by atoms with Gasteiger partial charge in [0.25, 0.3) is 0 Å². The first kappa shape index (κ1) is 18.4. The number of aliphatic carboxylic acids is 1. The molecule has 22 heavy (non-hydrogen) atoms. The molecule has 0 aromatic rings. The molecule has 4 nitrogen and oxygen atoms in total. The van der Waals surface area contributed by atoms with Crippen LogP contribution in [0.5, 0.6) is 0 Å². The van der Waals surface area contributed by atoms with Gasteiger partial charge in [-0.25, -0.2) is 0 Å². The average Bonchev–Trinajstić information content (AvgIpc) is 2.83. The van der Waals surface area contributed by atoms with Crippen LogP contribution in [0.15, 0.2) is 36.5 Å². The maximum atomic E-state index is 11.8. The summed E-state index contributed by atoms with van der Waals surface area (Å²) in [6.07, 6.45) is 14.8. The first-order valence-electron chi connectivity index (χ1n) is 7.99. The van der Waals surface area contributed by atoms with E-state index in [4.69, 9.17) is 5.11 Å². The van der Waals surface area contributed by atoms with Crippen molar-refractivity contribution in [2.75, 3.05) is 0 Å². The molecule has 0 unspecified atom stereocenters. The van der Waals surface area contributed by atoms with E-state index in [0.717, 1.165) is 19.3 Å². The van der Waals surface area contributed by atoms with E-state index in [0.29, 0.717) is 12.8 Å².